The van der Waals surface area contributed by atoms with Gasteiger partial charge in [0.1, 0.15) is 5.75 Å². The average molecular weight is 304 g/mol. The zero-order valence-electron chi connectivity index (χ0n) is 11.3. The topological polar surface area (TPSA) is 29.5 Å². The summed E-state index contributed by atoms with van der Waals surface area (Å²) < 4.78 is 5.22. The van der Waals surface area contributed by atoms with Crippen molar-refractivity contribution in [2.75, 3.05) is 13.7 Å². The summed E-state index contributed by atoms with van der Waals surface area (Å²) in [5.74, 6) is 7.82. The molecule has 20 heavy (non-hydrogen) atoms. The quantitative estimate of drug-likeness (QED) is 0.673. The summed E-state index contributed by atoms with van der Waals surface area (Å²) in [6, 6.07) is 12.2. The largest absolute Gasteiger partial charge is 0.497 e. The van der Waals surface area contributed by atoms with Crippen molar-refractivity contribution in [3.8, 4) is 17.6 Å². The third-order valence-electron chi connectivity index (χ3n) is 2.53. The van der Waals surface area contributed by atoms with Gasteiger partial charge < -0.3 is 9.84 Å². The van der Waals surface area contributed by atoms with Crippen molar-refractivity contribution in [1.82, 2.24) is 0 Å². The highest BCUT2D eigenvalue weighted by Gasteiger charge is 2.01. The lowest BCUT2D eigenvalue weighted by molar-refractivity contribution is 0.305. The maximum atomic E-state index is 8.69. The van der Waals surface area contributed by atoms with E-state index in [1.807, 2.05) is 24.3 Å². The first kappa shape index (κ1) is 15.0. The lowest BCUT2D eigenvalue weighted by atomic mass is 10.3. The van der Waals surface area contributed by atoms with Crippen LogP contribution in [-0.4, -0.2) is 18.8 Å². The normalized spacial score (nSPS) is 9.90. The third kappa shape index (κ3) is 4.61. The second-order valence-corrected chi connectivity index (χ2v) is 6.23. The van der Waals surface area contributed by atoms with Crippen LogP contribution in [-0.2, 0) is 5.75 Å². The molecule has 0 saturated heterocycles. The van der Waals surface area contributed by atoms with Gasteiger partial charge in [-0.15, -0.1) is 23.1 Å². The molecule has 2 rings (SSSR count). The van der Waals surface area contributed by atoms with Gasteiger partial charge in [-0.3, -0.25) is 0 Å². The summed E-state index contributed by atoms with van der Waals surface area (Å²) in [6.07, 6.45) is 0.534. The van der Waals surface area contributed by atoms with Gasteiger partial charge in [-0.25, -0.2) is 0 Å². The maximum absolute atomic E-state index is 8.69. The minimum absolute atomic E-state index is 0.122. The number of benzene rings is 1. The number of thiophene rings is 1. The van der Waals surface area contributed by atoms with Gasteiger partial charge >= 0.3 is 0 Å². The molecule has 104 valence electrons. The molecule has 1 aromatic carbocycles. The number of aliphatic hydroxyl groups excluding tert-OH is 1. The summed E-state index contributed by atoms with van der Waals surface area (Å²) in [7, 11) is 1.68. The molecule has 1 N–H and O–H groups in total. The van der Waals surface area contributed by atoms with Crippen molar-refractivity contribution >= 4 is 23.1 Å². The molecule has 0 bridgehead atoms. The van der Waals surface area contributed by atoms with E-state index in [-0.39, 0.29) is 6.61 Å². The first-order valence-electron chi connectivity index (χ1n) is 6.27. The van der Waals surface area contributed by atoms with Gasteiger partial charge in [0, 0.05) is 21.9 Å². The number of methoxy groups -OCH3 is 1. The van der Waals surface area contributed by atoms with Gasteiger partial charge in [0.25, 0.3) is 0 Å². The van der Waals surface area contributed by atoms with Crippen LogP contribution in [0, 0.1) is 11.8 Å². The van der Waals surface area contributed by atoms with Crippen molar-refractivity contribution in [2.45, 2.75) is 17.1 Å². The molecule has 0 radical (unpaired) electrons. The molecule has 0 amide bonds. The Morgan fingerprint density at radius 2 is 2.20 bits per heavy atom. The van der Waals surface area contributed by atoms with Crippen LogP contribution in [0.15, 0.2) is 41.3 Å². The zero-order valence-corrected chi connectivity index (χ0v) is 12.9. The van der Waals surface area contributed by atoms with Crippen LogP contribution in [0.4, 0.5) is 0 Å². The van der Waals surface area contributed by atoms with Crippen molar-refractivity contribution < 1.29 is 9.84 Å². The predicted octanol–water partition coefficient (Wildman–Crippen LogP) is 3.78. The van der Waals surface area contributed by atoms with Crippen LogP contribution in [0.2, 0.25) is 0 Å². The van der Waals surface area contributed by atoms with E-state index < -0.39 is 0 Å². The van der Waals surface area contributed by atoms with E-state index in [0.29, 0.717) is 6.42 Å². The fourth-order valence-electron chi connectivity index (χ4n) is 1.57. The van der Waals surface area contributed by atoms with Gasteiger partial charge in [0.05, 0.1) is 18.6 Å². The van der Waals surface area contributed by atoms with Gasteiger partial charge in [-0.05, 0) is 30.3 Å². The van der Waals surface area contributed by atoms with Crippen LogP contribution in [0.3, 0.4) is 0 Å². The molecule has 0 saturated carbocycles. The van der Waals surface area contributed by atoms with E-state index in [9.17, 15) is 0 Å². The summed E-state index contributed by atoms with van der Waals surface area (Å²) in [5, 5.41) is 8.69. The molecule has 0 spiro atoms. The van der Waals surface area contributed by atoms with Crippen LogP contribution >= 0.6 is 23.1 Å². The third-order valence-corrected chi connectivity index (χ3v) is 4.76. The minimum atomic E-state index is 0.122. The Labute approximate surface area is 127 Å². The molecule has 2 nitrogen and oxygen atoms in total. The average Bonchev–Trinajstić information content (AvgIpc) is 2.94. The highest BCUT2D eigenvalue weighted by Crippen LogP contribution is 2.28. The molecule has 1 heterocycles. The fraction of sp³-hybridized carbons (Fsp3) is 0.250. The highest BCUT2D eigenvalue weighted by molar-refractivity contribution is 7.98. The summed E-state index contributed by atoms with van der Waals surface area (Å²) in [4.78, 5) is 3.55. The highest BCUT2D eigenvalue weighted by atomic mass is 32.2. The predicted molar refractivity (Wildman–Crippen MR) is 85.5 cm³/mol. The van der Waals surface area contributed by atoms with Gasteiger partial charge in [-0.2, -0.15) is 0 Å². The van der Waals surface area contributed by atoms with Crippen molar-refractivity contribution in [3.63, 3.8) is 0 Å². The number of ether oxygens (including phenoxy) is 1. The van der Waals surface area contributed by atoms with Crippen LogP contribution < -0.4 is 4.74 Å². The van der Waals surface area contributed by atoms with Crippen LogP contribution in [0.5, 0.6) is 5.75 Å². The van der Waals surface area contributed by atoms with Crippen LogP contribution in [0.1, 0.15) is 16.2 Å². The number of aliphatic hydroxyl groups is 1. The molecule has 4 heteroatoms. The van der Waals surface area contributed by atoms with Crippen molar-refractivity contribution in [3.05, 3.63) is 46.2 Å². The Hall–Kier alpha value is -1.41. The SMILES string of the molecule is COc1cccc(SCc2ccc(C#CCCO)s2)c1. The molecular formula is C16H16O2S2. The number of rotatable bonds is 5. The van der Waals surface area contributed by atoms with Crippen molar-refractivity contribution in [1.29, 1.82) is 0 Å². The van der Waals surface area contributed by atoms with Crippen molar-refractivity contribution in [2.24, 2.45) is 0 Å². The van der Waals surface area contributed by atoms with E-state index in [1.165, 1.54) is 9.77 Å². The van der Waals surface area contributed by atoms with Crippen LogP contribution in [0.25, 0.3) is 0 Å². The Morgan fingerprint density at radius 1 is 1.30 bits per heavy atom. The Bertz CT molecular complexity index is 608. The van der Waals surface area contributed by atoms with Gasteiger partial charge in [0.2, 0.25) is 0 Å². The first-order valence-corrected chi connectivity index (χ1v) is 8.07. The van der Waals surface area contributed by atoms with E-state index in [2.05, 4.69) is 24.0 Å². The Balaban J connectivity index is 1.92. The lowest BCUT2D eigenvalue weighted by Crippen LogP contribution is -1.82. The molecule has 0 fully saturated rings. The molecule has 1 aromatic heterocycles. The monoisotopic (exact) mass is 304 g/mol. The minimum Gasteiger partial charge on any atom is -0.497 e. The molecule has 0 unspecified atom stereocenters. The van der Waals surface area contributed by atoms with E-state index in [1.54, 1.807) is 30.2 Å². The van der Waals surface area contributed by atoms with Gasteiger partial charge in [0.15, 0.2) is 0 Å². The fourth-order valence-corrected chi connectivity index (χ4v) is 3.44. The summed E-state index contributed by atoms with van der Waals surface area (Å²) >= 11 is 3.49. The number of thioether (sulfide) groups is 1. The number of hydrogen-bond acceptors (Lipinski definition) is 4. The van der Waals surface area contributed by atoms with E-state index >= 15 is 0 Å². The molecule has 0 atom stereocenters. The second kappa shape index (κ2) is 8.01. The molecule has 0 aliphatic rings. The Morgan fingerprint density at radius 3 is 3.00 bits per heavy atom. The lowest BCUT2D eigenvalue weighted by Gasteiger charge is -2.03. The first-order chi connectivity index (χ1) is 9.81. The summed E-state index contributed by atoms with van der Waals surface area (Å²) in [6.45, 7) is 0.122. The zero-order chi connectivity index (χ0) is 14.2. The number of hydrogen-bond donors (Lipinski definition) is 1. The molecular weight excluding hydrogens is 288 g/mol. The molecule has 0 aliphatic carbocycles. The molecule has 2 aromatic rings. The standard InChI is InChI=1S/C16H16O2S2/c1-18-13-5-4-7-15(11-13)19-12-16-9-8-14(20-16)6-2-3-10-17/h4-5,7-9,11,17H,3,10,12H2,1H3. The Kier molecular flexibility index (Phi) is 6.00. The second-order valence-electron chi connectivity index (χ2n) is 4.01. The van der Waals surface area contributed by atoms with E-state index in [4.69, 9.17) is 9.84 Å². The maximum Gasteiger partial charge on any atom is 0.119 e. The molecule has 0 aliphatic heterocycles. The van der Waals surface area contributed by atoms with E-state index in [0.717, 1.165) is 16.4 Å². The summed E-state index contributed by atoms with van der Waals surface area (Å²) in [5.41, 5.74) is 0. The smallest absolute Gasteiger partial charge is 0.119 e. The van der Waals surface area contributed by atoms with Gasteiger partial charge in [-0.1, -0.05) is 17.9 Å².